The average Bonchev–Trinajstić information content (AvgIpc) is 2.87. The first-order chi connectivity index (χ1) is 9.20. The zero-order valence-electron chi connectivity index (χ0n) is 11.0. The molecule has 2 aliphatic rings. The van der Waals surface area contributed by atoms with Gasteiger partial charge in [-0.3, -0.25) is 0 Å². The van der Waals surface area contributed by atoms with Gasteiger partial charge in [-0.05, 0) is 55.4 Å². The SMILES string of the molecule is CCOC(=O)[C@H]1Nc2ccc(Cl)cc2[C@H]2CCC[C@@H]12. The van der Waals surface area contributed by atoms with Gasteiger partial charge >= 0.3 is 5.97 Å². The van der Waals surface area contributed by atoms with Crippen molar-refractivity contribution >= 4 is 23.3 Å². The van der Waals surface area contributed by atoms with E-state index >= 15 is 0 Å². The third-order valence-corrected chi connectivity index (χ3v) is 4.50. The monoisotopic (exact) mass is 279 g/mol. The minimum Gasteiger partial charge on any atom is -0.464 e. The van der Waals surface area contributed by atoms with E-state index in [-0.39, 0.29) is 12.0 Å². The highest BCUT2D eigenvalue weighted by molar-refractivity contribution is 6.30. The molecule has 4 heteroatoms. The van der Waals surface area contributed by atoms with E-state index in [9.17, 15) is 4.79 Å². The molecule has 0 unspecified atom stereocenters. The summed E-state index contributed by atoms with van der Waals surface area (Å²) in [6.07, 6.45) is 3.38. The number of carbonyl (C=O) groups excluding carboxylic acids is 1. The molecule has 0 spiro atoms. The molecule has 0 radical (unpaired) electrons. The Morgan fingerprint density at radius 2 is 2.32 bits per heavy atom. The Hall–Kier alpha value is -1.22. The van der Waals surface area contributed by atoms with Gasteiger partial charge in [-0.2, -0.15) is 0 Å². The molecule has 0 amide bonds. The topological polar surface area (TPSA) is 38.3 Å². The van der Waals surface area contributed by atoms with Gasteiger partial charge in [0, 0.05) is 10.7 Å². The number of ether oxygens (including phenoxy) is 1. The number of esters is 1. The van der Waals surface area contributed by atoms with Crippen molar-refractivity contribution in [2.75, 3.05) is 11.9 Å². The Balaban J connectivity index is 1.96. The van der Waals surface area contributed by atoms with Crippen molar-refractivity contribution in [1.29, 1.82) is 0 Å². The first-order valence-electron chi connectivity index (χ1n) is 6.93. The molecular weight excluding hydrogens is 262 g/mol. The Labute approximate surface area is 118 Å². The van der Waals surface area contributed by atoms with Crippen LogP contribution >= 0.6 is 11.6 Å². The van der Waals surface area contributed by atoms with Gasteiger partial charge in [0.05, 0.1) is 6.61 Å². The second-order valence-corrected chi connectivity index (χ2v) is 5.74. The van der Waals surface area contributed by atoms with Crippen molar-refractivity contribution in [3.05, 3.63) is 28.8 Å². The summed E-state index contributed by atoms with van der Waals surface area (Å²) in [5, 5.41) is 4.11. The van der Waals surface area contributed by atoms with Crippen molar-refractivity contribution in [2.45, 2.75) is 38.1 Å². The van der Waals surface area contributed by atoms with E-state index in [0.29, 0.717) is 18.4 Å². The molecule has 3 atom stereocenters. The Kier molecular flexibility index (Phi) is 3.40. The molecule has 3 rings (SSSR count). The summed E-state index contributed by atoms with van der Waals surface area (Å²) in [6, 6.07) is 5.67. The fraction of sp³-hybridized carbons (Fsp3) is 0.533. The van der Waals surface area contributed by atoms with Gasteiger partial charge in [-0.15, -0.1) is 0 Å². The van der Waals surface area contributed by atoms with Crippen LogP contribution < -0.4 is 5.32 Å². The van der Waals surface area contributed by atoms with Crippen molar-refractivity contribution < 1.29 is 9.53 Å². The normalized spacial score (nSPS) is 28.2. The quantitative estimate of drug-likeness (QED) is 0.841. The second kappa shape index (κ2) is 5.04. The van der Waals surface area contributed by atoms with Crippen molar-refractivity contribution in [2.24, 2.45) is 5.92 Å². The van der Waals surface area contributed by atoms with Crippen LogP contribution in [0.4, 0.5) is 5.69 Å². The van der Waals surface area contributed by atoms with Gasteiger partial charge in [-0.25, -0.2) is 4.79 Å². The molecule has 1 saturated carbocycles. The predicted octanol–water partition coefficient (Wildman–Crippen LogP) is 3.58. The van der Waals surface area contributed by atoms with E-state index in [1.54, 1.807) is 0 Å². The fourth-order valence-electron chi connectivity index (χ4n) is 3.49. The van der Waals surface area contributed by atoms with Crippen LogP contribution in [0.15, 0.2) is 18.2 Å². The molecule has 1 aromatic rings. The molecule has 1 N–H and O–H groups in total. The van der Waals surface area contributed by atoms with Crippen LogP contribution in [0, 0.1) is 5.92 Å². The first-order valence-corrected chi connectivity index (χ1v) is 7.31. The molecule has 1 heterocycles. The molecule has 0 bridgehead atoms. The number of hydrogen-bond donors (Lipinski definition) is 1. The third kappa shape index (κ3) is 2.20. The molecule has 1 aliphatic carbocycles. The summed E-state index contributed by atoms with van der Waals surface area (Å²) in [5.74, 6) is 0.648. The van der Waals surface area contributed by atoms with Gasteiger partial charge in [0.2, 0.25) is 0 Å². The Morgan fingerprint density at radius 3 is 3.11 bits per heavy atom. The molecule has 1 aromatic carbocycles. The molecule has 0 saturated heterocycles. The van der Waals surface area contributed by atoms with Gasteiger partial charge in [0.15, 0.2) is 0 Å². The molecule has 1 fully saturated rings. The van der Waals surface area contributed by atoms with Crippen LogP contribution in [0.1, 0.15) is 37.7 Å². The molecule has 102 valence electrons. The minimum atomic E-state index is -0.207. The number of nitrogens with one attached hydrogen (secondary N) is 1. The fourth-order valence-corrected chi connectivity index (χ4v) is 3.67. The maximum atomic E-state index is 12.1. The zero-order chi connectivity index (χ0) is 13.4. The molecular formula is C15H18ClNO2. The number of hydrogen-bond acceptors (Lipinski definition) is 3. The Bertz CT molecular complexity index is 503. The summed E-state index contributed by atoms with van der Waals surface area (Å²) < 4.78 is 5.20. The molecule has 3 nitrogen and oxygen atoms in total. The van der Waals surface area contributed by atoms with Crippen LogP contribution in [-0.4, -0.2) is 18.6 Å². The average molecular weight is 280 g/mol. The van der Waals surface area contributed by atoms with Crippen LogP contribution in [0.2, 0.25) is 5.02 Å². The summed E-state index contributed by atoms with van der Waals surface area (Å²) >= 11 is 6.10. The lowest BCUT2D eigenvalue weighted by Gasteiger charge is -2.35. The van der Waals surface area contributed by atoms with Crippen molar-refractivity contribution in [3.63, 3.8) is 0 Å². The zero-order valence-corrected chi connectivity index (χ0v) is 11.7. The standard InChI is InChI=1S/C15H18ClNO2/c1-2-19-15(18)14-11-5-3-4-10(11)12-8-9(16)6-7-13(12)17-14/h6-8,10-11,14,17H,2-5H2,1H3/t10-,11+,14-/m0/s1. The highest BCUT2D eigenvalue weighted by atomic mass is 35.5. The van der Waals surface area contributed by atoms with Crippen molar-refractivity contribution in [3.8, 4) is 0 Å². The number of benzene rings is 1. The smallest absolute Gasteiger partial charge is 0.328 e. The summed E-state index contributed by atoms with van der Waals surface area (Å²) in [5.41, 5.74) is 2.29. The lowest BCUT2D eigenvalue weighted by Crippen LogP contribution is -2.42. The maximum absolute atomic E-state index is 12.1. The predicted molar refractivity (Wildman–Crippen MR) is 75.6 cm³/mol. The molecule has 0 aromatic heterocycles. The highest BCUT2D eigenvalue weighted by Gasteiger charge is 2.43. The molecule has 1 aliphatic heterocycles. The number of carbonyl (C=O) groups is 1. The van der Waals surface area contributed by atoms with E-state index < -0.39 is 0 Å². The van der Waals surface area contributed by atoms with Crippen LogP contribution in [0.3, 0.4) is 0 Å². The number of rotatable bonds is 2. The summed E-state index contributed by atoms with van der Waals surface area (Å²) in [4.78, 5) is 12.1. The van der Waals surface area contributed by atoms with E-state index in [0.717, 1.165) is 23.6 Å². The van der Waals surface area contributed by atoms with Gasteiger partial charge < -0.3 is 10.1 Å². The first kappa shape index (κ1) is 12.8. The second-order valence-electron chi connectivity index (χ2n) is 5.31. The van der Waals surface area contributed by atoms with Gasteiger partial charge in [0.25, 0.3) is 0 Å². The summed E-state index contributed by atoms with van der Waals surface area (Å²) in [6.45, 7) is 2.28. The van der Waals surface area contributed by atoms with Gasteiger partial charge in [0.1, 0.15) is 6.04 Å². The number of anilines is 1. The van der Waals surface area contributed by atoms with E-state index in [1.807, 2.05) is 25.1 Å². The van der Waals surface area contributed by atoms with E-state index in [2.05, 4.69) is 5.32 Å². The minimum absolute atomic E-state index is 0.125. The van der Waals surface area contributed by atoms with Crippen LogP contribution in [0.25, 0.3) is 0 Å². The van der Waals surface area contributed by atoms with Crippen LogP contribution in [0.5, 0.6) is 0 Å². The number of halogens is 1. The Morgan fingerprint density at radius 1 is 1.47 bits per heavy atom. The van der Waals surface area contributed by atoms with Gasteiger partial charge in [-0.1, -0.05) is 18.0 Å². The largest absolute Gasteiger partial charge is 0.464 e. The van der Waals surface area contributed by atoms with Crippen molar-refractivity contribution in [1.82, 2.24) is 0 Å². The number of fused-ring (bicyclic) bond motifs is 3. The maximum Gasteiger partial charge on any atom is 0.328 e. The van der Waals surface area contributed by atoms with E-state index in [4.69, 9.17) is 16.3 Å². The highest BCUT2D eigenvalue weighted by Crippen LogP contribution is 2.48. The van der Waals surface area contributed by atoms with E-state index in [1.165, 1.54) is 12.0 Å². The lowest BCUT2D eigenvalue weighted by molar-refractivity contribution is -0.145. The van der Waals surface area contributed by atoms with Crippen LogP contribution in [-0.2, 0) is 9.53 Å². The lowest BCUT2D eigenvalue weighted by atomic mass is 9.79. The molecule has 19 heavy (non-hydrogen) atoms. The third-order valence-electron chi connectivity index (χ3n) is 4.26. The summed E-state index contributed by atoms with van der Waals surface area (Å²) in [7, 11) is 0.